The summed E-state index contributed by atoms with van der Waals surface area (Å²) in [6.45, 7) is 1.89. The Hall–Kier alpha value is -2.04. The highest BCUT2D eigenvalue weighted by atomic mass is 16.5. The van der Waals surface area contributed by atoms with E-state index in [1.165, 1.54) is 0 Å². The van der Waals surface area contributed by atoms with Crippen LogP contribution in [0.15, 0.2) is 18.2 Å². The van der Waals surface area contributed by atoms with Crippen molar-refractivity contribution in [1.29, 1.82) is 0 Å². The summed E-state index contributed by atoms with van der Waals surface area (Å²) in [5.41, 5.74) is 0.701. The Morgan fingerprint density at radius 1 is 1.33 bits per heavy atom. The lowest BCUT2D eigenvalue weighted by Gasteiger charge is -2.22. The van der Waals surface area contributed by atoms with Gasteiger partial charge in [0.25, 0.3) is 0 Å². The van der Waals surface area contributed by atoms with Crippen molar-refractivity contribution in [3.8, 4) is 5.75 Å². The first-order valence-corrected chi connectivity index (χ1v) is 7.15. The molecular weight excluding hydrogens is 270 g/mol. The van der Waals surface area contributed by atoms with Gasteiger partial charge in [-0.25, -0.2) is 0 Å². The molecule has 2 N–H and O–H groups in total. The molecule has 0 radical (unpaired) electrons. The van der Waals surface area contributed by atoms with Crippen LogP contribution in [-0.4, -0.2) is 24.1 Å². The molecule has 21 heavy (non-hydrogen) atoms. The van der Waals surface area contributed by atoms with Crippen LogP contribution in [0.1, 0.15) is 37.7 Å². The zero-order valence-corrected chi connectivity index (χ0v) is 12.4. The second-order valence-corrected chi connectivity index (χ2v) is 5.70. The molecule has 2 rings (SSSR count). The Bertz CT molecular complexity index is 547. The number of aryl methyl sites for hydroxylation is 1. The highest BCUT2D eigenvalue weighted by Crippen LogP contribution is 2.41. The Balaban J connectivity index is 2.04. The molecule has 0 unspecified atom stereocenters. The summed E-state index contributed by atoms with van der Waals surface area (Å²) in [5, 5.41) is 12.2. The van der Waals surface area contributed by atoms with Crippen molar-refractivity contribution in [2.24, 2.45) is 5.41 Å². The average molecular weight is 291 g/mol. The molecule has 1 fully saturated rings. The standard InChI is InChI=1S/C16H21NO4/c1-11-9-12(5-6-13(11)21-2)17-14(18)10-16(15(19)20)7-3-4-8-16/h5-6,9H,3-4,7-8,10H2,1-2H3,(H,17,18)(H,19,20). The van der Waals surface area contributed by atoms with Crippen LogP contribution in [0.5, 0.6) is 5.75 Å². The number of carbonyl (C=O) groups is 2. The van der Waals surface area contributed by atoms with Gasteiger partial charge in [-0.05, 0) is 43.5 Å². The SMILES string of the molecule is COc1ccc(NC(=O)CC2(C(=O)O)CCCC2)cc1C. The molecule has 1 aromatic rings. The summed E-state index contributed by atoms with van der Waals surface area (Å²) in [7, 11) is 1.59. The van der Waals surface area contributed by atoms with Crippen LogP contribution in [0, 0.1) is 12.3 Å². The van der Waals surface area contributed by atoms with E-state index in [2.05, 4.69) is 5.32 Å². The molecule has 1 saturated carbocycles. The number of rotatable bonds is 5. The van der Waals surface area contributed by atoms with Gasteiger partial charge in [-0.1, -0.05) is 12.8 Å². The normalized spacial score (nSPS) is 16.5. The first-order valence-electron chi connectivity index (χ1n) is 7.15. The van der Waals surface area contributed by atoms with Crippen LogP contribution < -0.4 is 10.1 Å². The van der Waals surface area contributed by atoms with Crippen LogP contribution in [0.2, 0.25) is 0 Å². The van der Waals surface area contributed by atoms with Gasteiger partial charge >= 0.3 is 5.97 Å². The minimum absolute atomic E-state index is 0.0351. The Kier molecular flexibility index (Phi) is 4.50. The molecule has 5 nitrogen and oxygen atoms in total. The molecule has 0 saturated heterocycles. The highest BCUT2D eigenvalue weighted by Gasteiger charge is 2.42. The van der Waals surface area contributed by atoms with E-state index in [4.69, 9.17) is 4.74 Å². The van der Waals surface area contributed by atoms with Gasteiger partial charge in [0.2, 0.25) is 5.91 Å². The number of ether oxygens (including phenoxy) is 1. The first-order chi connectivity index (χ1) is 9.97. The number of carbonyl (C=O) groups excluding carboxylic acids is 1. The largest absolute Gasteiger partial charge is 0.496 e. The van der Waals surface area contributed by atoms with Gasteiger partial charge in [0.05, 0.1) is 12.5 Å². The maximum Gasteiger partial charge on any atom is 0.310 e. The van der Waals surface area contributed by atoms with Crippen molar-refractivity contribution >= 4 is 17.6 Å². The van der Waals surface area contributed by atoms with Crippen LogP contribution in [0.4, 0.5) is 5.69 Å². The van der Waals surface area contributed by atoms with Crippen molar-refractivity contribution in [1.82, 2.24) is 0 Å². The molecule has 5 heteroatoms. The summed E-state index contributed by atoms with van der Waals surface area (Å²) >= 11 is 0. The van der Waals surface area contributed by atoms with Crippen molar-refractivity contribution in [2.45, 2.75) is 39.0 Å². The summed E-state index contributed by atoms with van der Waals surface area (Å²) in [6, 6.07) is 5.36. The second-order valence-electron chi connectivity index (χ2n) is 5.70. The molecule has 0 aliphatic heterocycles. The van der Waals surface area contributed by atoms with E-state index in [-0.39, 0.29) is 12.3 Å². The van der Waals surface area contributed by atoms with Gasteiger partial charge in [-0.3, -0.25) is 9.59 Å². The minimum atomic E-state index is -0.883. The molecule has 0 atom stereocenters. The third-order valence-corrected chi connectivity index (χ3v) is 4.19. The van der Waals surface area contributed by atoms with Crippen LogP contribution in [0.3, 0.4) is 0 Å². The van der Waals surface area contributed by atoms with E-state index in [0.29, 0.717) is 18.5 Å². The molecular formula is C16H21NO4. The summed E-state index contributed by atoms with van der Waals surface area (Å²) in [4.78, 5) is 23.6. The van der Waals surface area contributed by atoms with Gasteiger partial charge in [-0.2, -0.15) is 0 Å². The van der Waals surface area contributed by atoms with Gasteiger partial charge in [0.1, 0.15) is 5.75 Å². The fraction of sp³-hybridized carbons (Fsp3) is 0.500. The van der Waals surface area contributed by atoms with Gasteiger partial charge in [-0.15, -0.1) is 0 Å². The number of methoxy groups -OCH3 is 1. The maximum absolute atomic E-state index is 12.1. The molecule has 114 valence electrons. The van der Waals surface area contributed by atoms with Gasteiger partial charge in [0, 0.05) is 12.1 Å². The fourth-order valence-corrected chi connectivity index (χ4v) is 2.99. The van der Waals surface area contributed by atoms with Crippen molar-refractivity contribution < 1.29 is 19.4 Å². The second kappa shape index (κ2) is 6.16. The topological polar surface area (TPSA) is 75.6 Å². The number of nitrogens with one attached hydrogen (secondary N) is 1. The van der Waals surface area contributed by atoms with E-state index in [1.807, 2.05) is 13.0 Å². The van der Waals surface area contributed by atoms with E-state index in [0.717, 1.165) is 24.2 Å². The monoisotopic (exact) mass is 291 g/mol. The Morgan fingerprint density at radius 3 is 2.52 bits per heavy atom. The molecule has 0 spiro atoms. The molecule has 1 aliphatic carbocycles. The fourth-order valence-electron chi connectivity index (χ4n) is 2.99. The average Bonchev–Trinajstić information content (AvgIpc) is 2.88. The zero-order chi connectivity index (χ0) is 15.5. The molecule has 1 amide bonds. The maximum atomic E-state index is 12.1. The molecule has 0 bridgehead atoms. The first kappa shape index (κ1) is 15.4. The highest BCUT2D eigenvalue weighted by molar-refractivity contribution is 5.94. The van der Waals surface area contributed by atoms with Crippen molar-refractivity contribution in [3.63, 3.8) is 0 Å². The van der Waals surface area contributed by atoms with Gasteiger partial charge < -0.3 is 15.2 Å². The summed E-state index contributed by atoms with van der Waals surface area (Å²) in [5.74, 6) is -0.351. The third kappa shape index (κ3) is 3.35. The summed E-state index contributed by atoms with van der Waals surface area (Å²) < 4.78 is 5.17. The Morgan fingerprint density at radius 2 is 2.00 bits per heavy atom. The van der Waals surface area contributed by atoms with Crippen LogP contribution >= 0.6 is 0 Å². The lowest BCUT2D eigenvalue weighted by atomic mass is 9.82. The lowest BCUT2D eigenvalue weighted by molar-refractivity contribution is -0.150. The Labute approximate surface area is 124 Å². The van der Waals surface area contributed by atoms with Crippen LogP contribution in [-0.2, 0) is 9.59 Å². The number of carboxylic acids is 1. The number of anilines is 1. The van der Waals surface area contributed by atoms with Crippen LogP contribution in [0.25, 0.3) is 0 Å². The smallest absolute Gasteiger partial charge is 0.310 e. The van der Waals surface area contributed by atoms with Crippen molar-refractivity contribution in [3.05, 3.63) is 23.8 Å². The molecule has 0 heterocycles. The predicted molar refractivity (Wildman–Crippen MR) is 79.5 cm³/mol. The number of aliphatic carboxylic acids is 1. The summed E-state index contributed by atoms with van der Waals surface area (Å²) in [6.07, 6.45) is 2.95. The number of carboxylic acid groups (broad SMARTS) is 1. The van der Waals surface area contributed by atoms with Crippen molar-refractivity contribution in [2.75, 3.05) is 12.4 Å². The third-order valence-electron chi connectivity index (χ3n) is 4.19. The van der Waals surface area contributed by atoms with E-state index < -0.39 is 11.4 Å². The molecule has 1 aliphatic rings. The molecule has 0 aromatic heterocycles. The lowest BCUT2D eigenvalue weighted by Crippen LogP contribution is -2.32. The number of hydrogen-bond donors (Lipinski definition) is 2. The molecule has 1 aromatic carbocycles. The minimum Gasteiger partial charge on any atom is -0.496 e. The number of hydrogen-bond acceptors (Lipinski definition) is 3. The van der Waals surface area contributed by atoms with E-state index in [9.17, 15) is 14.7 Å². The number of amides is 1. The number of benzene rings is 1. The van der Waals surface area contributed by atoms with Gasteiger partial charge in [0.15, 0.2) is 0 Å². The zero-order valence-electron chi connectivity index (χ0n) is 12.4. The van der Waals surface area contributed by atoms with E-state index >= 15 is 0 Å². The quantitative estimate of drug-likeness (QED) is 0.874. The predicted octanol–water partition coefficient (Wildman–Crippen LogP) is 2.98. The van der Waals surface area contributed by atoms with E-state index in [1.54, 1.807) is 19.2 Å².